The molecule has 0 atom stereocenters. The van der Waals surface area contributed by atoms with E-state index < -0.39 is 15.6 Å². The molecule has 1 heterocycles. The summed E-state index contributed by atoms with van der Waals surface area (Å²) in [5, 5.41) is 13.5. The van der Waals surface area contributed by atoms with Gasteiger partial charge in [-0.05, 0) is 37.3 Å². The van der Waals surface area contributed by atoms with E-state index in [9.17, 15) is 18.5 Å². The quantitative estimate of drug-likeness (QED) is 0.779. The van der Waals surface area contributed by atoms with Crippen molar-refractivity contribution in [3.05, 3.63) is 41.3 Å². The molecule has 150 valence electrons. The minimum atomic E-state index is -3.48. The first-order chi connectivity index (χ1) is 13.4. The first-order valence-electron chi connectivity index (χ1n) is 9.60. The highest BCUT2D eigenvalue weighted by Crippen LogP contribution is 2.28. The molecule has 0 unspecified atom stereocenters. The smallest absolute Gasteiger partial charge is 0.236 e. The van der Waals surface area contributed by atoms with Gasteiger partial charge in [0.25, 0.3) is 0 Å². The fourth-order valence-electron chi connectivity index (χ4n) is 3.71. The van der Waals surface area contributed by atoms with E-state index in [2.05, 4.69) is 11.4 Å². The molecule has 1 saturated carbocycles. The zero-order valence-electron chi connectivity index (χ0n) is 15.9. The standard InChI is InChI=1S/C20H26N4O3S/c21-17-20(9-4-5-10-20)22-19(25)16-23-11-13-24(14-12-23)28(26,27)15-8-18-6-2-1-3-7-18/h1-3,6-8,15H,4-5,9-14,16H2,(H,22,25)/b15-8+. The lowest BCUT2D eigenvalue weighted by molar-refractivity contribution is -0.123. The van der Waals surface area contributed by atoms with Crippen molar-refractivity contribution in [1.29, 1.82) is 5.26 Å². The second kappa shape index (κ2) is 8.86. The van der Waals surface area contributed by atoms with Crippen LogP contribution < -0.4 is 5.32 Å². The van der Waals surface area contributed by atoms with Crippen LogP contribution in [-0.2, 0) is 14.8 Å². The van der Waals surface area contributed by atoms with E-state index >= 15 is 0 Å². The van der Waals surface area contributed by atoms with E-state index in [1.807, 2.05) is 35.2 Å². The molecule has 28 heavy (non-hydrogen) atoms. The number of hydrogen-bond donors (Lipinski definition) is 1. The normalized spacial score (nSPS) is 20.8. The summed E-state index contributed by atoms with van der Waals surface area (Å²) in [5.41, 5.74) is 0.115. The van der Waals surface area contributed by atoms with Gasteiger partial charge in [-0.1, -0.05) is 30.3 Å². The first kappa shape index (κ1) is 20.5. The van der Waals surface area contributed by atoms with Crippen molar-refractivity contribution >= 4 is 22.0 Å². The highest BCUT2D eigenvalue weighted by Gasteiger charge is 2.36. The van der Waals surface area contributed by atoms with E-state index in [0.717, 1.165) is 18.4 Å². The van der Waals surface area contributed by atoms with Crippen LogP contribution in [0.4, 0.5) is 0 Å². The number of rotatable bonds is 6. The van der Waals surface area contributed by atoms with Gasteiger partial charge in [0, 0.05) is 31.6 Å². The lowest BCUT2D eigenvalue weighted by Crippen LogP contribution is -2.53. The largest absolute Gasteiger partial charge is 0.337 e. The van der Waals surface area contributed by atoms with Gasteiger partial charge in [-0.15, -0.1) is 0 Å². The van der Waals surface area contributed by atoms with E-state index in [1.54, 1.807) is 6.08 Å². The van der Waals surface area contributed by atoms with Crippen LogP contribution >= 0.6 is 0 Å². The van der Waals surface area contributed by atoms with Crippen molar-refractivity contribution in [2.45, 2.75) is 31.2 Å². The van der Waals surface area contributed by atoms with Crippen molar-refractivity contribution < 1.29 is 13.2 Å². The number of amides is 1. The molecule has 1 N–H and O–H groups in total. The van der Waals surface area contributed by atoms with Crippen LogP contribution in [0.2, 0.25) is 0 Å². The molecule has 7 nitrogen and oxygen atoms in total. The van der Waals surface area contributed by atoms with E-state index in [0.29, 0.717) is 39.0 Å². The van der Waals surface area contributed by atoms with Gasteiger partial charge < -0.3 is 5.32 Å². The topological polar surface area (TPSA) is 93.5 Å². The number of piperazine rings is 1. The van der Waals surface area contributed by atoms with Gasteiger partial charge in [-0.3, -0.25) is 9.69 Å². The van der Waals surface area contributed by atoms with Crippen LogP contribution in [0.25, 0.3) is 6.08 Å². The monoisotopic (exact) mass is 402 g/mol. The highest BCUT2D eigenvalue weighted by atomic mass is 32.2. The summed E-state index contributed by atoms with van der Waals surface area (Å²) < 4.78 is 26.4. The lowest BCUT2D eigenvalue weighted by Gasteiger charge is -2.33. The third-order valence-electron chi connectivity index (χ3n) is 5.34. The van der Waals surface area contributed by atoms with E-state index in [4.69, 9.17) is 0 Å². The number of nitrogens with zero attached hydrogens (tertiary/aromatic N) is 3. The predicted molar refractivity (Wildman–Crippen MR) is 107 cm³/mol. The summed E-state index contributed by atoms with van der Waals surface area (Å²) in [4.78, 5) is 14.3. The Morgan fingerprint density at radius 2 is 1.79 bits per heavy atom. The fourth-order valence-corrected chi connectivity index (χ4v) is 4.88. The molecule has 1 aliphatic heterocycles. The Morgan fingerprint density at radius 3 is 2.39 bits per heavy atom. The van der Waals surface area contributed by atoms with Crippen LogP contribution in [-0.4, -0.2) is 61.8 Å². The molecule has 2 aliphatic rings. The summed E-state index contributed by atoms with van der Waals surface area (Å²) in [6, 6.07) is 11.6. The van der Waals surface area contributed by atoms with Crippen LogP contribution in [0, 0.1) is 11.3 Å². The Hall–Kier alpha value is -2.21. The van der Waals surface area contributed by atoms with Crippen LogP contribution in [0.5, 0.6) is 0 Å². The van der Waals surface area contributed by atoms with Crippen LogP contribution in [0.3, 0.4) is 0 Å². The van der Waals surface area contributed by atoms with Gasteiger partial charge in [0.05, 0.1) is 12.6 Å². The minimum absolute atomic E-state index is 0.163. The van der Waals surface area contributed by atoms with Gasteiger partial charge >= 0.3 is 0 Å². The molecule has 0 bridgehead atoms. The SMILES string of the molecule is N#CC1(NC(=O)CN2CCN(S(=O)(=O)/C=C/c3ccccc3)CC2)CCCC1. The minimum Gasteiger partial charge on any atom is -0.337 e. The van der Waals surface area contributed by atoms with Gasteiger partial charge in [0.1, 0.15) is 5.54 Å². The van der Waals surface area contributed by atoms with Crippen molar-refractivity contribution in [1.82, 2.24) is 14.5 Å². The van der Waals surface area contributed by atoms with Gasteiger partial charge in [-0.25, -0.2) is 8.42 Å². The Kier molecular flexibility index (Phi) is 6.50. The maximum atomic E-state index is 12.5. The highest BCUT2D eigenvalue weighted by molar-refractivity contribution is 7.92. The molecule has 1 aromatic carbocycles. The van der Waals surface area contributed by atoms with E-state index in [1.165, 1.54) is 9.71 Å². The van der Waals surface area contributed by atoms with E-state index in [-0.39, 0.29) is 12.5 Å². The number of nitriles is 1. The van der Waals surface area contributed by atoms with Crippen LogP contribution in [0.15, 0.2) is 35.7 Å². The Balaban J connectivity index is 1.49. The number of benzene rings is 1. The Bertz CT molecular complexity index is 847. The molecule has 0 spiro atoms. The third kappa shape index (κ3) is 5.19. The first-order valence-corrected chi connectivity index (χ1v) is 11.1. The molecule has 1 aliphatic carbocycles. The van der Waals surface area contributed by atoms with Crippen molar-refractivity contribution in [2.24, 2.45) is 0 Å². The Morgan fingerprint density at radius 1 is 1.14 bits per heavy atom. The third-order valence-corrected chi connectivity index (χ3v) is 6.91. The molecule has 3 rings (SSSR count). The molecule has 1 amide bonds. The average Bonchev–Trinajstić information content (AvgIpc) is 3.16. The fraction of sp³-hybridized carbons (Fsp3) is 0.500. The molecular formula is C20H26N4O3S. The molecule has 2 fully saturated rings. The summed E-state index contributed by atoms with van der Waals surface area (Å²) in [6.07, 6.45) is 4.92. The van der Waals surface area contributed by atoms with Gasteiger partial charge in [0.2, 0.25) is 15.9 Å². The second-order valence-electron chi connectivity index (χ2n) is 7.38. The van der Waals surface area contributed by atoms with Crippen molar-refractivity contribution in [3.8, 4) is 6.07 Å². The van der Waals surface area contributed by atoms with Crippen molar-refractivity contribution in [2.75, 3.05) is 32.7 Å². The molecule has 1 aromatic rings. The van der Waals surface area contributed by atoms with Crippen molar-refractivity contribution in [3.63, 3.8) is 0 Å². The molecule has 0 aromatic heterocycles. The predicted octanol–water partition coefficient (Wildman–Crippen LogP) is 1.56. The summed E-state index contributed by atoms with van der Waals surface area (Å²) in [5.74, 6) is -0.163. The summed E-state index contributed by atoms with van der Waals surface area (Å²) >= 11 is 0. The number of sulfonamides is 1. The second-order valence-corrected chi connectivity index (χ2v) is 9.20. The molecule has 0 radical (unpaired) electrons. The Labute approximate surface area is 166 Å². The number of hydrogen-bond acceptors (Lipinski definition) is 5. The summed E-state index contributed by atoms with van der Waals surface area (Å²) in [6.45, 7) is 1.87. The maximum absolute atomic E-state index is 12.5. The number of nitrogens with one attached hydrogen (secondary N) is 1. The molecular weight excluding hydrogens is 376 g/mol. The average molecular weight is 403 g/mol. The van der Waals surface area contributed by atoms with Gasteiger partial charge in [-0.2, -0.15) is 9.57 Å². The molecule has 1 saturated heterocycles. The number of carbonyl (C=O) groups is 1. The summed E-state index contributed by atoms with van der Waals surface area (Å²) in [7, 11) is -3.48. The van der Waals surface area contributed by atoms with Crippen LogP contribution in [0.1, 0.15) is 31.2 Å². The zero-order valence-corrected chi connectivity index (χ0v) is 16.7. The molecule has 8 heteroatoms. The lowest BCUT2D eigenvalue weighted by atomic mass is 10.00. The van der Waals surface area contributed by atoms with Gasteiger partial charge in [0.15, 0.2) is 0 Å². The maximum Gasteiger partial charge on any atom is 0.236 e. The zero-order chi connectivity index (χ0) is 20.0. The number of carbonyl (C=O) groups excluding carboxylic acids is 1.